The highest BCUT2D eigenvalue weighted by Gasteiger charge is 2.08. The molecule has 0 spiro atoms. The Hall–Kier alpha value is -0.860. The SMILES string of the molecule is CC(C)(C)O[C]=O.[CH]=O. The third-order valence-electron chi connectivity index (χ3n) is 0.348. The van der Waals surface area contributed by atoms with Gasteiger partial charge in [-0.25, -0.2) is 4.79 Å². The van der Waals surface area contributed by atoms with Crippen molar-refractivity contribution in [2.75, 3.05) is 0 Å². The summed E-state index contributed by atoms with van der Waals surface area (Å²) in [6, 6.07) is 0. The molecule has 0 aromatic rings. The van der Waals surface area contributed by atoms with Crippen LogP contribution in [0.3, 0.4) is 0 Å². The Kier molecular flexibility index (Phi) is 6.46. The van der Waals surface area contributed by atoms with E-state index in [9.17, 15) is 4.79 Å². The maximum absolute atomic E-state index is 9.47. The number of rotatable bonds is 1. The average Bonchev–Trinajstić information content (AvgIpc) is 1.69. The van der Waals surface area contributed by atoms with Crippen LogP contribution in [0.4, 0.5) is 0 Å². The lowest BCUT2D eigenvalue weighted by Crippen LogP contribution is -2.17. The molecular weight excluding hydrogens is 120 g/mol. The molecule has 0 rings (SSSR count). The van der Waals surface area contributed by atoms with E-state index in [4.69, 9.17) is 4.79 Å². The van der Waals surface area contributed by atoms with Crippen LogP contribution in [-0.4, -0.2) is 18.9 Å². The van der Waals surface area contributed by atoms with Crippen LogP contribution in [-0.2, 0) is 14.3 Å². The topological polar surface area (TPSA) is 43.4 Å². The Bertz CT molecular complexity index is 72.9. The Balaban J connectivity index is 0. The molecule has 3 nitrogen and oxygen atoms in total. The van der Waals surface area contributed by atoms with Gasteiger partial charge in [-0.3, -0.25) is 4.79 Å². The summed E-state index contributed by atoms with van der Waals surface area (Å²) in [5, 5.41) is 0. The summed E-state index contributed by atoms with van der Waals surface area (Å²) in [7, 11) is 0. The average molecular weight is 130 g/mol. The van der Waals surface area contributed by atoms with Gasteiger partial charge < -0.3 is 4.74 Å². The maximum atomic E-state index is 9.47. The van der Waals surface area contributed by atoms with Crippen LogP contribution in [0.15, 0.2) is 0 Å². The second-order valence-electron chi connectivity index (χ2n) is 2.30. The van der Waals surface area contributed by atoms with Gasteiger partial charge in [0.1, 0.15) is 5.60 Å². The zero-order chi connectivity index (χ0) is 7.91. The molecule has 0 fully saturated rings. The standard InChI is InChI=1S/C5H9O2.CHO/c1-5(2,3)7-4-6;1-2/h1-3H3;1H. The van der Waals surface area contributed by atoms with Crippen molar-refractivity contribution >= 4 is 13.3 Å². The first kappa shape index (κ1) is 11.0. The third kappa shape index (κ3) is 19.1. The van der Waals surface area contributed by atoms with Crippen LogP contribution in [0.5, 0.6) is 0 Å². The minimum absolute atomic E-state index is 0.373. The van der Waals surface area contributed by atoms with E-state index in [0.717, 1.165) is 0 Å². The molecule has 0 saturated carbocycles. The van der Waals surface area contributed by atoms with Gasteiger partial charge >= 0.3 is 6.47 Å². The zero-order valence-corrected chi connectivity index (χ0v) is 5.80. The second-order valence-corrected chi connectivity index (χ2v) is 2.30. The molecule has 0 saturated heterocycles. The highest BCUT2D eigenvalue weighted by atomic mass is 16.5. The number of hydrogen-bond donors (Lipinski definition) is 0. The van der Waals surface area contributed by atoms with Crippen molar-refractivity contribution in [1.29, 1.82) is 0 Å². The lowest BCUT2D eigenvalue weighted by Gasteiger charge is -2.13. The fraction of sp³-hybridized carbons (Fsp3) is 0.667. The molecular formula is C6H10O3. The Labute approximate surface area is 55.0 Å². The molecule has 0 aliphatic heterocycles. The fourth-order valence-corrected chi connectivity index (χ4v) is 0.125. The third-order valence-corrected chi connectivity index (χ3v) is 0.348. The quantitative estimate of drug-likeness (QED) is 0.488. The van der Waals surface area contributed by atoms with Crippen molar-refractivity contribution in [3.63, 3.8) is 0 Å². The van der Waals surface area contributed by atoms with Gasteiger partial charge in [0.15, 0.2) is 6.79 Å². The van der Waals surface area contributed by atoms with Crippen molar-refractivity contribution in [2.24, 2.45) is 0 Å². The van der Waals surface area contributed by atoms with Gasteiger partial charge in [0.25, 0.3) is 0 Å². The predicted molar refractivity (Wildman–Crippen MR) is 33.3 cm³/mol. The van der Waals surface area contributed by atoms with E-state index in [1.807, 2.05) is 0 Å². The highest BCUT2D eigenvalue weighted by molar-refractivity contribution is 5.39. The first-order valence-corrected chi connectivity index (χ1v) is 2.35. The minimum atomic E-state index is -0.373. The molecule has 0 aromatic carbocycles. The fourth-order valence-electron chi connectivity index (χ4n) is 0.125. The molecule has 0 bridgehead atoms. The van der Waals surface area contributed by atoms with E-state index >= 15 is 0 Å². The molecule has 0 amide bonds. The molecule has 0 aliphatic carbocycles. The summed E-state index contributed by atoms with van der Waals surface area (Å²) in [6.45, 7) is 9.98. The van der Waals surface area contributed by atoms with E-state index in [1.165, 1.54) is 6.47 Å². The van der Waals surface area contributed by atoms with Crippen LogP contribution >= 0.6 is 0 Å². The normalized spacial score (nSPS) is 8.78. The van der Waals surface area contributed by atoms with Gasteiger partial charge in [-0.1, -0.05) is 0 Å². The smallest absolute Gasteiger partial charge is 0.418 e. The first-order chi connectivity index (χ1) is 4.06. The lowest BCUT2D eigenvalue weighted by molar-refractivity contribution is 0.109. The molecule has 0 atom stereocenters. The molecule has 9 heavy (non-hydrogen) atoms. The summed E-state index contributed by atoms with van der Waals surface area (Å²) in [6.07, 6.45) is 0. The summed E-state index contributed by atoms with van der Waals surface area (Å²) >= 11 is 0. The highest BCUT2D eigenvalue weighted by Crippen LogP contribution is 2.02. The van der Waals surface area contributed by atoms with E-state index in [2.05, 4.69) is 11.5 Å². The molecule has 0 N–H and O–H groups in total. The van der Waals surface area contributed by atoms with Crippen molar-refractivity contribution < 1.29 is 14.3 Å². The molecule has 3 heteroatoms. The van der Waals surface area contributed by atoms with E-state index in [0.29, 0.717) is 0 Å². The molecule has 52 valence electrons. The first-order valence-electron chi connectivity index (χ1n) is 2.35. The maximum Gasteiger partial charge on any atom is 0.418 e. The van der Waals surface area contributed by atoms with Gasteiger partial charge in [-0.15, -0.1) is 0 Å². The lowest BCUT2D eigenvalue weighted by atomic mass is 10.2. The Morgan fingerprint density at radius 2 is 1.67 bits per heavy atom. The van der Waals surface area contributed by atoms with Crippen LogP contribution in [0.25, 0.3) is 0 Å². The van der Waals surface area contributed by atoms with Gasteiger partial charge in [0, 0.05) is 0 Å². The van der Waals surface area contributed by atoms with Crippen LogP contribution in [0, 0.1) is 0 Å². The van der Waals surface area contributed by atoms with Crippen LogP contribution in [0.2, 0.25) is 0 Å². The monoisotopic (exact) mass is 130 g/mol. The number of hydrogen-bond acceptors (Lipinski definition) is 3. The molecule has 0 aliphatic rings. The summed E-state index contributed by atoms with van der Waals surface area (Å²) in [5.41, 5.74) is -0.373. The molecule has 0 unspecified atom stereocenters. The van der Waals surface area contributed by atoms with Crippen molar-refractivity contribution in [1.82, 2.24) is 0 Å². The minimum Gasteiger partial charge on any atom is -0.452 e. The van der Waals surface area contributed by atoms with Crippen molar-refractivity contribution in [3.8, 4) is 0 Å². The van der Waals surface area contributed by atoms with Crippen molar-refractivity contribution in [3.05, 3.63) is 0 Å². The Morgan fingerprint density at radius 3 is 1.67 bits per heavy atom. The predicted octanol–water partition coefficient (Wildman–Crippen LogP) is 0.595. The van der Waals surface area contributed by atoms with Crippen LogP contribution < -0.4 is 0 Å². The van der Waals surface area contributed by atoms with Crippen LogP contribution in [0.1, 0.15) is 20.8 Å². The number of carbonyl (C=O) groups excluding carboxylic acids is 2. The van der Waals surface area contributed by atoms with Gasteiger partial charge in [0.05, 0.1) is 0 Å². The molecule has 2 radical (unpaired) electrons. The van der Waals surface area contributed by atoms with E-state index in [-0.39, 0.29) is 5.60 Å². The van der Waals surface area contributed by atoms with Crippen molar-refractivity contribution in [2.45, 2.75) is 26.4 Å². The van der Waals surface area contributed by atoms with E-state index in [1.54, 1.807) is 20.8 Å². The molecule has 0 aromatic heterocycles. The van der Waals surface area contributed by atoms with E-state index < -0.39 is 0 Å². The summed E-state index contributed by atoms with van der Waals surface area (Å²) in [5.74, 6) is 0. The number of ether oxygens (including phenoxy) is 1. The molecule has 0 heterocycles. The second kappa shape index (κ2) is 5.28. The zero-order valence-electron chi connectivity index (χ0n) is 5.80. The largest absolute Gasteiger partial charge is 0.452 e. The van der Waals surface area contributed by atoms with Gasteiger partial charge in [0.2, 0.25) is 0 Å². The Morgan fingerprint density at radius 1 is 1.33 bits per heavy atom. The summed E-state index contributed by atoms with van der Waals surface area (Å²) < 4.78 is 4.42. The van der Waals surface area contributed by atoms with Gasteiger partial charge in [-0.2, -0.15) is 0 Å². The summed E-state index contributed by atoms with van der Waals surface area (Å²) in [4.78, 5) is 17.2. The van der Waals surface area contributed by atoms with Gasteiger partial charge in [-0.05, 0) is 20.8 Å².